The minimum absolute atomic E-state index is 0.223. The largest absolute Gasteiger partial charge is 0.466 e. The Labute approximate surface area is 135 Å². The summed E-state index contributed by atoms with van der Waals surface area (Å²) < 4.78 is 6.88. The first-order valence-electron chi connectivity index (χ1n) is 7.50. The summed E-state index contributed by atoms with van der Waals surface area (Å²) in [4.78, 5) is 20.7. The summed E-state index contributed by atoms with van der Waals surface area (Å²) >= 11 is 0. The van der Waals surface area contributed by atoms with E-state index in [1.807, 2.05) is 41.1 Å². The molecule has 0 unspecified atom stereocenters. The number of imidazole rings is 1. The van der Waals surface area contributed by atoms with Crippen molar-refractivity contribution in [2.75, 3.05) is 6.61 Å². The average Bonchev–Trinajstić information content (AvgIpc) is 3.08. The number of allylic oxidation sites excluding steroid dienone is 2. The Morgan fingerprint density at radius 2 is 2.04 bits per heavy atom. The van der Waals surface area contributed by atoms with E-state index in [0.29, 0.717) is 25.3 Å². The van der Waals surface area contributed by atoms with Crippen LogP contribution in [-0.2, 0) is 20.9 Å². The fourth-order valence-electron chi connectivity index (χ4n) is 2.27. The van der Waals surface area contributed by atoms with Gasteiger partial charge in [-0.25, -0.2) is 4.98 Å². The quantitative estimate of drug-likeness (QED) is 0.460. The smallest absolute Gasteiger partial charge is 0.306 e. The van der Waals surface area contributed by atoms with Crippen molar-refractivity contribution < 1.29 is 14.4 Å². The molecule has 6 heteroatoms. The zero-order valence-electron chi connectivity index (χ0n) is 13.1. The lowest BCUT2D eigenvalue weighted by Crippen LogP contribution is -2.10. The maximum atomic E-state index is 11.6. The summed E-state index contributed by atoms with van der Waals surface area (Å²) in [6.45, 7) is 2.70. The average molecular weight is 315 g/mol. The van der Waals surface area contributed by atoms with Crippen molar-refractivity contribution in [3.63, 3.8) is 0 Å². The Balaban J connectivity index is 2.26. The third-order valence-corrected chi connectivity index (χ3v) is 3.36. The van der Waals surface area contributed by atoms with Gasteiger partial charge in [-0.1, -0.05) is 30.3 Å². The second-order valence-corrected chi connectivity index (χ2v) is 4.93. The molecule has 0 aliphatic carbocycles. The van der Waals surface area contributed by atoms with Crippen molar-refractivity contribution >= 4 is 11.5 Å². The molecule has 6 nitrogen and oxygen atoms in total. The third-order valence-electron chi connectivity index (χ3n) is 3.36. The van der Waals surface area contributed by atoms with E-state index in [1.54, 1.807) is 19.4 Å². The van der Waals surface area contributed by atoms with Crippen LogP contribution in [0.4, 0.5) is 0 Å². The second-order valence-electron chi connectivity index (χ2n) is 4.93. The molecule has 0 amide bonds. The highest BCUT2D eigenvalue weighted by Gasteiger charge is 2.14. The highest BCUT2D eigenvalue weighted by molar-refractivity contribution is 5.71. The van der Waals surface area contributed by atoms with Crippen LogP contribution in [0.2, 0.25) is 0 Å². The van der Waals surface area contributed by atoms with Gasteiger partial charge >= 0.3 is 5.97 Å². The minimum atomic E-state index is -0.267. The standard InChI is InChI=1S/C17H21N3O3/c1-2-22-17(21)9-8-16(23-18)15(12-20-11-10-19-13-20)14-6-4-3-5-7-14/h3-7,10-11,13H,2,8-9,12,18H2,1H3. The Hall–Kier alpha value is -2.60. The molecule has 122 valence electrons. The van der Waals surface area contributed by atoms with Crippen molar-refractivity contribution in [2.24, 2.45) is 5.90 Å². The van der Waals surface area contributed by atoms with E-state index in [9.17, 15) is 4.79 Å². The van der Waals surface area contributed by atoms with Gasteiger partial charge in [0.1, 0.15) is 5.76 Å². The number of ether oxygens (including phenoxy) is 1. The van der Waals surface area contributed by atoms with E-state index in [2.05, 4.69) is 4.98 Å². The number of esters is 1. The van der Waals surface area contributed by atoms with E-state index in [4.69, 9.17) is 15.5 Å². The maximum Gasteiger partial charge on any atom is 0.306 e. The van der Waals surface area contributed by atoms with Gasteiger partial charge in [0.25, 0.3) is 0 Å². The van der Waals surface area contributed by atoms with Gasteiger partial charge in [-0.15, -0.1) is 0 Å². The summed E-state index contributed by atoms with van der Waals surface area (Å²) in [7, 11) is 0. The lowest BCUT2D eigenvalue weighted by molar-refractivity contribution is -0.143. The first kappa shape index (κ1) is 16.8. The summed E-state index contributed by atoms with van der Waals surface area (Å²) in [6, 6.07) is 9.80. The van der Waals surface area contributed by atoms with Crippen LogP contribution < -0.4 is 5.90 Å². The number of hydrogen-bond donors (Lipinski definition) is 1. The Kier molecular flexibility index (Phi) is 6.38. The van der Waals surface area contributed by atoms with Crippen LogP contribution in [0, 0.1) is 0 Å². The molecule has 0 aliphatic rings. The van der Waals surface area contributed by atoms with Crippen molar-refractivity contribution in [3.8, 4) is 0 Å². The van der Waals surface area contributed by atoms with Crippen LogP contribution >= 0.6 is 0 Å². The monoisotopic (exact) mass is 315 g/mol. The number of aromatic nitrogens is 2. The van der Waals surface area contributed by atoms with Crippen molar-refractivity contribution in [1.29, 1.82) is 0 Å². The Morgan fingerprint density at radius 3 is 2.65 bits per heavy atom. The number of nitrogens with two attached hydrogens (primary N) is 1. The topological polar surface area (TPSA) is 79.4 Å². The molecule has 2 N–H and O–H groups in total. The Bertz CT molecular complexity index is 636. The first-order valence-corrected chi connectivity index (χ1v) is 7.50. The summed E-state index contributed by atoms with van der Waals surface area (Å²) in [5.74, 6) is 5.77. The molecular formula is C17H21N3O3. The van der Waals surface area contributed by atoms with E-state index < -0.39 is 0 Å². The molecule has 0 spiro atoms. The van der Waals surface area contributed by atoms with Crippen LogP contribution in [0.25, 0.3) is 5.57 Å². The van der Waals surface area contributed by atoms with Gasteiger partial charge in [0.05, 0.1) is 25.9 Å². The lowest BCUT2D eigenvalue weighted by atomic mass is 10.0. The molecular weight excluding hydrogens is 294 g/mol. The van der Waals surface area contributed by atoms with Crippen LogP contribution in [-0.4, -0.2) is 22.1 Å². The normalized spacial score (nSPS) is 11.7. The molecule has 0 atom stereocenters. The molecule has 0 saturated heterocycles. The first-order chi connectivity index (χ1) is 11.2. The molecule has 0 radical (unpaired) electrons. The Morgan fingerprint density at radius 1 is 1.26 bits per heavy atom. The fraction of sp³-hybridized carbons (Fsp3) is 0.294. The molecule has 1 aromatic carbocycles. The highest BCUT2D eigenvalue weighted by Crippen LogP contribution is 2.24. The van der Waals surface area contributed by atoms with Crippen molar-refractivity contribution in [2.45, 2.75) is 26.3 Å². The predicted octanol–water partition coefficient (Wildman–Crippen LogP) is 2.53. The van der Waals surface area contributed by atoms with E-state index in [0.717, 1.165) is 11.1 Å². The third kappa shape index (κ3) is 4.96. The van der Waals surface area contributed by atoms with E-state index >= 15 is 0 Å². The number of nitrogens with zero attached hydrogens (tertiary/aromatic N) is 2. The number of benzene rings is 1. The molecule has 0 bridgehead atoms. The molecule has 1 heterocycles. The maximum absolute atomic E-state index is 11.6. The van der Waals surface area contributed by atoms with Gasteiger partial charge in [0.2, 0.25) is 0 Å². The second kappa shape index (κ2) is 8.75. The van der Waals surface area contributed by atoms with Gasteiger partial charge in [0, 0.05) is 24.4 Å². The van der Waals surface area contributed by atoms with Crippen LogP contribution in [0.5, 0.6) is 0 Å². The zero-order valence-corrected chi connectivity index (χ0v) is 13.1. The van der Waals surface area contributed by atoms with Crippen LogP contribution in [0.3, 0.4) is 0 Å². The van der Waals surface area contributed by atoms with Gasteiger partial charge in [-0.2, -0.15) is 5.90 Å². The fourth-order valence-corrected chi connectivity index (χ4v) is 2.27. The molecule has 0 fully saturated rings. The van der Waals surface area contributed by atoms with E-state index in [-0.39, 0.29) is 12.4 Å². The highest BCUT2D eigenvalue weighted by atomic mass is 16.6. The van der Waals surface area contributed by atoms with Crippen molar-refractivity contribution in [1.82, 2.24) is 9.55 Å². The molecule has 1 aromatic heterocycles. The van der Waals surface area contributed by atoms with Crippen LogP contribution in [0.15, 0.2) is 54.8 Å². The van der Waals surface area contributed by atoms with Gasteiger partial charge in [-0.05, 0) is 12.5 Å². The lowest BCUT2D eigenvalue weighted by Gasteiger charge is -2.14. The number of carbonyl (C=O) groups is 1. The minimum Gasteiger partial charge on any atom is -0.466 e. The molecule has 0 aliphatic heterocycles. The number of hydrogen-bond acceptors (Lipinski definition) is 5. The van der Waals surface area contributed by atoms with E-state index in [1.165, 1.54) is 0 Å². The number of carbonyl (C=O) groups excluding carboxylic acids is 1. The summed E-state index contributed by atoms with van der Waals surface area (Å²) in [5, 5.41) is 0. The van der Waals surface area contributed by atoms with Gasteiger partial charge in [0.15, 0.2) is 0 Å². The SMILES string of the molecule is CCOC(=O)CCC(ON)=C(Cn1ccnc1)c1ccccc1. The number of rotatable bonds is 8. The molecule has 2 rings (SSSR count). The predicted molar refractivity (Wildman–Crippen MR) is 86.7 cm³/mol. The van der Waals surface area contributed by atoms with Crippen molar-refractivity contribution in [3.05, 3.63) is 60.4 Å². The summed E-state index contributed by atoms with van der Waals surface area (Å²) in [5.41, 5.74) is 1.90. The van der Waals surface area contributed by atoms with Gasteiger partial charge in [-0.3, -0.25) is 4.79 Å². The summed E-state index contributed by atoms with van der Waals surface area (Å²) in [6.07, 6.45) is 5.91. The van der Waals surface area contributed by atoms with Gasteiger partial charge < -0.3 is 14.1 Å². The zero-order chi connectivity index (χ0) is 16.5. The molecule has 2 aromatic rings. The molecule has 0 saturated carbocycles. The molecule has 23 heavy (non-hydrogen) atoms. The van der Waals surface area contributed by atoms with Crippen LogP contribution in [0.1, 0.15) is 25.3 Å².